The van der Waals surface area contributed by atoms with Gasteiger partial charge in [0.25, 0.3) is 0 Å². The second-order valence-electron chi connectivity index (χ2n) is 9.18. The summed E-state index contributed by atoms with van der Waals surface area (Å²) in [6, 6.07) is 46.0. The highest BCUT2D eigenvalue weighted by atomic mass is 15.1. The lowest BCUT2D eigenvalue weighted by Gasteiger charge is -2.25. The van der Waals surface area contributed by atoms with Crippen LogP contribution in [-0.4, -0.2) is 14.5 Å². The Morgan fingerprint density at radius 3 is 1.42 bits per heavy atom. The van der Waals surface area contributed by atoms with Crippen LogP contribution in [0.3, 0.4) is 0 Å². The third-order valence-corrected chi connectivity index (χ3v) is 6.88. The topological polar surface area (TPSA) is 34.0 Å². The van der Waals surface area contributed by atoms with Crippen molar-refractivity contribution in [3.63, 3.8) is 0 Å². The molecule has 0 N–H and O–H groups in total. The minimum Gasteiger partial charge on any atom is -0.309 e. The third kappa shape index (κ3) is 3.80. The highest BCUT2D eigenvalue weighted by molar-refractivity contribution is 6.09. The van der Waals surface area contributed by atoms with Gasteiger partial charge < -0.3 is 9.47 Å². The minimum absolute atomic E-state index is 0.837. The van der Waals surface area contributed by atoms with Crippen LogP contribution < -0.4 is 4.90 Å². The molecule has 0 fully saturated rings. The van der Waals surface area contributed by atoms with E-state index < -0.39 is 0 Å². The molecule has 0 saturated carbocycles. The Morgan fingerprint density at radius 2 is 0.921 bits per heavy atom. The molecule has 7 rings (SSSR count). The number of nitrogens with zero attached hydrogens (tertiary/aromatic N) is 4. The number of aromatic nitrogens is 3. The average Bonchev–Trinajstić information content (AvgIpc) is 3.33. The Kier molecular flexibility index (Phi) is 5.41. The lowest BCUT2D eigenvalue weighted by atomic mass is 10.2. The van der Waals surface area contributed by atoms with Crippen LogP contribution in [-0.2, 0) is 0 Å². The van der Waals surface area contributed by atoms with E-state index in [4.69, 9.17) is 9.97 Å². The predicted octanol–water partition coefficient (Wildman–Crippen LogP) is 8.71. The van der Waals surface area contributed by atoms with Gasteiger partial charge >= 0.3 is 0 Å². The average molecular weight is 489 g/mol. The summed E-state index contributed by atoms with van der Waals surface area (Å²) in [5.74, 6) is 0. The van der Waals surface area contributed by atoms with Gasteiger partial charge in [-0.1, -0.05) is 72.8 Å². The summed E-state index contributed by atoms with van der Waals surface area (Å²) in [6.07, 6.45) is 3.85. The molecule has 0 radical (unpaired) electrons. The van der Waals surface area contributed by atoms with Crippen LogP contribution in [0.5, 0.6) is 0 Å². The lowest BCUT2D eigenvalue weighted by molar-refractivity contribution is 1.13. The summed E-state index contributed by atoms with van der Waals surface area (Å²) in [7, 11) is 0. The number of pyridine rings is 2. The third-order valence-electron chi connectivity index (χ3n) is 6.88. The molecule has 0 bridgehead atoms. The van der Waals surface area contributed by atoms with E-state index in [9.17, 15) is 0 Å². The molecular formula is C34H24N4. The van der Waals surface area contributed by atoms with Crippen LogP contribution in [0.4, 0.5) is 17.1 Å². The minimum atomic E-state index is 0.837. The van der Waals surface area contributed by atoms with Crippen molar-refractivity contribution in [1.29, 1.82) is 0 Å². The zero-order valence-electron chi connectivity index (χ0n) is 20.6. The van der Waals surface area contributed by atoms with Gasteiger partial charge in [0, 0.05) is 22.1 Å². The van der Waals surface area contributed by atoms with Gasteiger partial charge in [-0.05, 0) is 60.7 Å². The molecule has 0 unspecified atom stereocenters. The summed E-state index contributed by atoms with van der Waals surface area (Å²) >= 11 is 0. The number of anilines is 3. The van der Waals surface area contributed by atoms with E-state index in [0.29, 0.717) is 0 Å². The zero-order valence-corrected chi connectivity index (χ0v) is 20.6. The summed E-state index contributed by atoms with van der Waals surface area (Å²) in [5.41, 5.74) is 8.22. The van der Waals surface area contributed by atoms with Gasteiger partial charge in [0.05, 0.1) is 46.2 Å². The van der Waals surface area contributed by atoms with Crippen molar-refractivity contribution in [2.45, 2.75) is 0 Å². The molecule has 0 amide bonds. The zero-order chi connectivity index (χ0) is 25.3. The number of rotatable bonds is 5. The highest BCUT2D eigenvalue weighted by Gasteiger charge is 2.14. The largest absolute Gasteiger partial charge is 0.309 e. The van der Waals surface area contributed by atoms with Gasteiger partial charge in [-0.2, -0.15) is 0 Å². The molecule has 0 spiro atoms. The molecule has 4 nitrogen and oxygen atoms in total. The molecule has 0 saturated heterocycles. The van der Waals surface area contributed by atoms with Gasteiger partial charge in [0.15, 0.2) is 0 Å². The predicted molar refractivity (Wildman–Crippen MR) is 156 cm³/mol. The highest BCUT2D eigenvalue weighted by Crippen LogP contribution is 2.35. The van der Waals surface area contributed by atoms with E-state index in [0.717, 1.165) is 34.1 Å². The summed E-state index contributed by atoms with van der Waals surface area (Å²) in [4.78, 5) is 11.8. The molecule has 38 heavy (non-hydrogen) atoms. The maximum absolute atomic E-state index is 4.81. The van der Waals surface area contributed by atoms with Gasteiger partial charge in [-0.3, -0.25) is 9.97 Å². The number of para-hydroxylation sites is 4. The van der Waals surface area contributed by atoms with Crippen LogP contribution in [0.2, 0.25) is 0 Å². The number of hydrogen-bond acceptors (Lipinski definition) is 3. The van der Waals surface area contributed by atoms with Crippen LogP contribution >= 0.6 is 0 Å². The van der Waals surface area contributed by atoms with Gasteiger partial charge in [0.1, 0.15) is 0 Å². The fraction of sp³-hybridized carbons (Fsp3) is 0. The van der Waals surface area contributed by atoms with Crippen molar-refractivity contribution < 1.29 is 0 Å². The summed E-state index contributed by atoms with van der Waals surface area (Å²) in [6.45, 7) is 0. The van der Waals surface area contributed by atoms with E-state index in [-0.39, 0.29) is 0 Å². The fourth-order valence-corrected chi connectivity index (χ4v) is 5.14. The van der Waals surface area contributed by atoms with E-state index in [1.165, 1.54) is 21.8 Å². The van der Waals surface area contributed by atoms with Crippen molar-refractivity contribution in [3.05, 3.63) is 146 Å². The second kappa shape index (κ2) is 9.34. The van der Waals surface area contributed by atoms with E-state index >= 15 is 0 Å². The first kappa shape index (κ1) is 22.0. The normalized spacial score (nSPS) is 11.2. The molecule has 4 aromatic carbocycles. The van der Waals surface area contributed by atoms with E-state index in [1.54, 1.807) is 0 Å². The van der Waals surface area contributed by atoms with Crippen LogP contribution in [0.25, 0.3) is 38.9 Å². The molecule has 180 valence electrons. The molecule has 0 aliphatic rings. The van der Waals surface area contributed by atoms with Crippen LogP contribution in [0.1, 0.15) is 0 Å². The Morgan fingerprint density at radius 1 is 0.421 bits per heavy atom. The molecule has 4 heteroatoms. The summed E-state index contributed by atoms with van der Waals surface area (Å²) < 4.78 is 2.27. The number of fused-ring (bicyclic) bond motifs is 3. The molecule has 0 aliphatic heterocycles. The van der Waals surface area contributed by atoms with Crippen molar-refractivity contribution in [3.8, 4) is 17.1 Å². The Balaban J connectivity index is 1.24. The molecule has 0 aliphatic carbocycles. The number of hydrogen-bond donors (Lipinski definition) is 0. The SMILES string of the molecule is c1ccc(N(c2ccccc2)c2ccc(-c3ccc(-n4c5ccccc5c5ccccc54)cn3)nc2)cc1. The van der Waals surface area contributed by atoms with Gasteiger partial charge in [-0.15, -0.1) is 0 Å². The van der Waals surface area contributed by atoms with E-state index in [1.807, 2.05) is 36.7 Å². The van der Waals surface area contributed by atoms with Crippen molar-refractivity contribution in [2.75, 3.05) is 4.90 Å². The first-order valence-electron chi connectivity index (χ1n) is 12.7. The molecule has 7 aromatic rings. The smallest absolute Gasteiger partial charge is 0.0887 e. The van der Waals surface area contributed by atoms with Crippen molar-refractivity contribution in [1.82, 2.24) is 14.5 Å². The molecule has 3 aromatic heterocycles. The standard InChI is InChI=1S/C34H24N4/c1-3-11-25(12-4-1)37(26-13-5-2-6-14-26)27-19-21-31(35-23-27)32-22-20-28(24-36-32)38-33-17-9-7-15-29(33)30-16-8-10-18-34(30)38/h1-24H. The first-order chi connectivity index (χ1) is 18.9. The monoisotopic (exact) mass is 488 g/mol. The Labute approximate surface area is 221 Å². The van der Waals surface area contributed by atoms with Gasteiger partial charge in [0.2, 0.25) is 0 Å². The maximum atomic E-state index is 4.81. The van der Waals surface area contributed by atoms with Crippen molar-refractivity contribution in [2.24, 2.45) is 0 Å². The first-order valence-corrected chi connectivity index (χ1v) is 12.7. The molecule has 0 atom stereocenters. The summed E-state index contributed by atoms with van der Waals surface area (Å²) in [5, 5.41) is 2.48. The lowest BCUT2D eigenvalue weighted by Crippen LogP contribution is -2.10. The van der Waals surface area contributed by atoms with Gasteiger partial charge in [-0.25, -0.2) is 0 Å². The Bertz CT molecular complexity index is 1750. The quantitative estimate of drug-likeness (QED) is 0.243. The van der Waals surface area contributed by atoms with E-state index in [2.05, 4.69) is 119 Å². The van der Waals surface area contributed by atoms with Crippen molar-refractivity contribution >= 4 is 38.9 Å². The molecular weight excluding hydrogens is 464 g/mol. The van der Waals surface area contributed by atoms with Crippen LogP contribution in [0.15, 0.2) is 146 Å². The fourth-order valence-electron chi connectivity index (χ4n) is 5.14. The molecule has 3 heterocycles. The second-order valence-corrected chi connectivity index (χ2v) is 9.18. The maximum Gasteiger partial charge on any atom is 0.0887 e. The number of benzene rings is 4. The Hall–Kier alpha value is -5.22. The van der Waals surface area contributed by atoms with Crippen LogP contribution in [0, 0.1) is 0 Å².